The first-order valence-corrected chi connectivity index (χ1v) is 14.6. The van der Waals surface area contributed by atoms with Crippen molar-refractivity contribution >= 4 is 39.2 Å². The van der Waals surface area contributed by atoms with Crippen molar-refractivity contribution in [1.29, 1.82) is 0 Å². The number of hydrogen-bond acceptors (Lipinski definition) is 8. The lowest BCUT2D eigenvalue weighted by atomic mass is 10.1. The number of anilines is 2. The number of nitrogen functional groups attached to an aromatic ring is 1. The average molecular weight is 538 g/mol. The topological polar surface area (TPSA) is 92.8 Å². The zero-order valence-electron chi connectivity index (χ0n) is 24.4. The number of ketones is 1. The van der Waals surface area contributed by atoms with Crippen LogP contribution in [0.1, 0.15) is 51.8 Å². The van der Waals surface area contributed by atoms with Gasteiger partial charge in [-0.2, -0.15) is 0 Å². The van der Waals surface area contributed by atoms with Crippen molar-refractivity contribution in [2.45, 2.75) is 58.9 Å². The van der Waals surface area contributed by atoms with Gasteiger partial charge in [-0.3, -0.25) is 9.69 Å². The summed E-state index contributed by atoms with van der Waals surface area (Å²) < 4.78 is 8.06. The van der Waals surface area contributed by atoms with Gasteiger partial charge in [0.15, 0.2) is 5.82 Å². The number of nitrogens with zero attached hydrogens (tertiary/aromatic N) is 6. The molecular formula is C30H47N7O2. The third-order valence-electron chi connectivity index (χ3n) is 7.64. The molecule has 0 bridgehead atoms. The molecule has 3 heterocycles. The lowest BCUT2D eigenvalue weighted by Crippen LogP contribution is -2.47. The Kier molecular flexibility index (Phi) is 10.5. The van der Waals surface area contributed by atoms with Crippen molar-refractivity contribution in [3.8, 4) is 0 Å². The number of ether oxygens (including phenoxy) is 1. The van der Waals surface area contributed by atoms with Crippen molar-refractivity contribution in [1.82, 2.24) is 24.3 Å². The van der Waals surface area contributed by atoms with Gasteiger partial charge in [-0.15, -0.1) is 0 Å². The van der Waals surface area contributed by atoms with Crippen molar-refractivity contribution < 1.29 is 9.53 Å². The molecule has 1 aromatic carbocycles. The van der Waals surface area contributed by atoms with Gasteiger partial charge in [0.25, 0.3) is 0 Å². The normalized spacial score (nSPS) is 14.7. The summed E-state index contributed by atoms with van der Waals surface area (Å²) in [6.07, 6.45) is 5.96. The molecule has 2 N–H and O–H groups in total. The molecule has 0 atom stereocenters. The zero-order valence-corrected chi connectivity index (χ0v) is 24.4. The van der Waals surface area contributed by atoms with Crippen LogP contribution in [0.5, 0.6) is 0 Å². The summed E-state index contributed by atoms with van der Waals surface area (Å²) in [5, 5.41) is 1.14. The van der Waals surface area contributed by atoms with E-state index in [0.29, 0.717) is 25.5 Å². The van der Waals surface area contributed by atoms with Crippen molar-refractivity contribution in [3.63, 3.8) is 0 Å². The van der Waals surface area contributed by atoms with E-state index in [9.17, 15) is 4.79 Å². The highest BCUT2D eigenvalue weighted by molar-refractivity contribution is 6.07. The molecule has 39 heavy (non-hydrogen) atoms. The SMILES string of the molecule is CCCCc1nc2c(N)nc3ccc(N4CCN(CCOCCC(C)=O)CC4)cc3c2n1CCCCN(C)C. The first-order chi connectivity index (χ1) is 18.9. The van der Waals surface area contributed by atoms with Gasteiger partial charge in [0.1, 0.15) is 17.1 Å². The van der Waals surface area contributed by atoms with Gasteiger partial charge in [0, 0.05) is 63.2 Å². The first-order valence-electron chi connectivity index (χ1n) is 14.6. The van der Waals surface area contributed by atoms with E-state index in [1.807, 2.05) is 0 Å². The number of piperazine rings is 1. The Hall–Kier alpha value is -2.75. The van der Waals surface area contributed by atoms with Crippen LogP contribution in [-0.2, 0) is 22.5 Å². The number of nitrogens with two attached hydrogens (primary N) is 1. The number of imidazole rings is 1. The van der Waals surface area contributed by atoms with Gasteiger partial charge in [0.05, 0.1) is 24.2 Å². The molecule has 3 aromatic rings. The standard InChI is InChI=1S/C30H47N7O2/c1-5-6-9-27-33-28-29(37(27)14-8-7-13-34(3)4)25-22-24(10-11-26(25)32-30(28)31)36-17-15-35(16-18-36)19-21-39-20-12-23(2)38/h10-11,22H,5-9,12-21H2,1-4H3,(H2,31,32). The second-order valence-corrected chi connectivity index (χ2v) is 11.1. The van der Waals surface area contributed by atoms with E-state index in [0.717, 1.165) is 106 Å². The molecule has 4 rings (SSSR count). The Bertz CT molecular complexity index is 1230. The maximum absolute atomic E-state index is 11.1. The fourth-order valence-corrected chi connectivity index (χ4v) is 5.35. The fraction of sp³-hybridized carbons (Fsp3) is 0.633. The lowest BCUT2D eigenvalue weighted by molar-refractivity contribution is -0.118. The molecule has 1 fully saturated rings. The number of carbonyl (C=O) groups is 1. The van der Waals surface area contributed by atoms with E-state index >= 15 is 0 Å². The zero-order chi connectivity index (χ0) is 27.8. The maximum atomic E-state index is 11.1. The van der Waals surface area contributed by atoms with Crippen LogP contribution in [0.3, 0.4) is 0 Å². The predicted molar refractivity (Wildman–Crippen MR) is 161 cm³/mol. The van der Waals surface area contributed by atoms with E-state index < -0.39 is 0 Å². The van der Waals surface area contributed by atoms with Crippen molar-refractivity contribution in [3.05, 3.63) is 24.0 Å². The van der Waals surface area contributed by atoms with E-state index in [1.54, 1.807) is 6.92 Å². The molecule has 0 saturated carbocycles. The number of pyridine rings is 1. The molecule has 9 heteroatoms. The molecule has 2 aromatic heterocycles. The van der Waals surface area contributed by atoms with E-state index in [4.69, 9.17) is 20.4 Å². The summed E-state index contributed by atoms with van der Waals surface area (Å²) in [4.78, 5) is 28.0. The first kappa shape index (κ1) is 29.2. The Morgan fingerprint density at radius 3 is 2.56 bits per heavy atom. The number of hydrogen-bond donors (Lipinski definition) is 1. The summed E-state index contributed by atoms with van der Waals surface area (Å²) in [7, 11) is 4.26. The number of fused-ring (bicyclic) bond motifs is 3. The number of aromatic nitrogens is 3. The van der Waals surface area contributed by atoms with Crippen LogP contribution >= 0.6 is 0 Å². The monoisotopic (exact) mass is 537 g/mol. The van der Waals surface area contributed by atoms with Crippen LogP contribution in [-0.4, -0.2) is 96.7 Å². The molecule has 9 nitrogen and oxygen atoms in total. The molecule has 1 aliphatic rings. The second kappa shape index (κ2) is 14.1. The molecule has 0 unspecified atom stereocenters. The number of aryl methyl sites for hydroxylation is 2. The smallest absolute Gasteiger partial charge is 0.152 e. The highest BCUT2D eigenvalue weighted by Crippen LogP contribution is 2.32. The summed E-state index contributed by atoms with van der Waals surface area (Å²) in [6.45, 7) is 11.9. The Labute approximate surface area is 233 Å². The van der Waals surface area contributed by atoms with Crippen LogP contribution < -0.4 is 10.6 Å². The Morgan fingerprint density at radius 2 is 1.85 bits per heavy atom. The molecule has 1 saturated heterocycles. The van der Waals surface area contributed by atoms with Crippen LogP contribution in [0, 0.1) is 0 Å². The molecule has 1 aliphatic heterocycles. The highest BCUT2D eigenvalue weighted by Gasteiger charge is 2.21. The minimum Gasteiger partial charge on any atom is -0.382 e. The molecule has 0 spiro atoms. The Balaban J connectivity index is 1.53. The number of unbranched alkanes of at least 4 members (excludes halogenated alkanes) is 2. The third kappa shape index (κ3) is 7.68. The van der Waals surface area contributed by atoms with Gasteiger partial charge in [-0.1, -0.05) is 13.3 Å². The van der Waals surface area contributed by atoms with E-state index in [1.165, 1.54) is 5.69 Å². The van der Waals surface area contributed by atoms with Gasteiger partial charge in [-0.25, -0.2) is 9.97 Å². The average Bonchev–Trinajstić information content (AvgIpc) is 3.29. The summed E-state index contributed by atoms with van der Waals surface area (Å²) >= 11 is 0. The van der Waals surface area contributed by atoms with Crippen LogP contribution in [0.2, 0.25) is 0 Å². The number of Topliss-reactive ketones (excluding diaryl/α,β-unsaturated/α-hetero) is 1. The number of rotatable bonds is 15. The van der Waals surface area contributed by atoms with Gasteiger partial charge in [-0.05, 0) is 65.0 Å². The van der Waals surface area contributed by atoms with Crippen LogP contribution in [0.4, 0.5) is 11.5 Å². The van der Waals surface area contributed by atoms with Crippen molar-refractivity contribution in [2.75, 3.05) is 77.2 Å². The molecule has 214 valence electrons. The second-order valence-electron chi connectivity index (χ2n) is 11.1. The van der Waals surface area contributed by atoms with Crippen molar-refractivity contribution in [2.24, 2.45) is 0 Å². The minimum absolute atomic E-state index is 0.179. The van der Waals surface area contributed by atoms with E-state index in [-0.39, 0.29) is 5.78 Å². The Morgan fingerprint density at radius 1 is 1.05 bits per heavy atom. The predicted octanol–water partition coefficient (Wildman–Crippen LogP) is 3.97. The third-order valence-corrected chi connectivity index (χ3v) is 7.64. The largest absolute Gasteiger partial charge is 0.382 e. The molecule has 0 radical (unpaired) electrons. The maximum Gasteiger partial charge on any atom is 0.152 e. The van der Waals surface area contributed by atoms with E-state index in [2.05, 4.69) is 58.5 Å². The van der Waals surface area contributed by atoms with Gasteiger partial charge in [0.2, 0.25) is 0 Å². The summed E-state index contributed by atoms with van der Waals surface area (Å²) in [6, 6.07) is 6.59. The molecular weight excluding hydrogens is 490 g/mol. The lowest BCUT2D eigenvalue weighted by Gasteiger charge is -2.36. The summed E-state index contributed by atoms with van der Waals surface area (Å²) in [5.74, 6) is 1.83. The van der Waals surface area contributed by atoms with Crippen LogP contribution in [0.15, 0.2) is 18.2 Å². The quantitative estimate of drug-likeness (QED) is 0.291. The molecule has 0 amide bonds. The number of benzene rings is 1. The fourth-order valence-electron chi connectivity index (χ4n) is 5.35. The van der Waals surface area contributed by atoms with Gasteiger partial charge < -0.3 is 24.8 Å². The van der Waals surface area contributed by atoms with Gasteiger partial charge >= 0.3 is 0 Å². The number of carbonyl (C=O) groups excluding carboxylic acids is 1. The highest BCUT2D eigenvalue weighted by atomic mass is 16.5. The molecule has 0 aliphatic carbocycles. The minimum atomic E-state index is 0.179. The van der Waals surface area contributed by atoms with Crippen LogP contribution in [0.25, 0.3) is 21.9 Å². The summed E-state index contributed by atoms with van der Waals surface area (Å²) in [5.41, 5.74) is 10.6.